The maximum atomic E-state index is 12.3. The highest BCUT2D eigenvalue weighted by molar-refractivity contribution is 9.09. The van der Waals surface area contributed by atoms with Gasteiger partial charge in [-0.05, 0) is 31.2 Å². The molecular formula is C14H20BrNOS. The molecule has 1 amide bonds. The summed E-state index contributed by atoms with van der Waals surface area (Å²) < 4.78 is 0. The third kappa shape index (κ3) is 4.65. The Hall–Kier alpha value is -0.480. The van der Waals surface area contributed by atoms with Crippen LogP contribution < -0.4 is 0 Å². The summed E-state index contributed by atoms with van der Waals surface area (Å²) in [6.45, 7) is 0.828. The van der Waals surface area contributed by atoms with Crippen molar-refractivity contribution in [2.75, 3.05) is 25.2 Å². The number of rotatable bonds is 7. The molecule has 2 nitrogen and oxygen atoms in total. The van der Waals surface area contributed by atoms with Crippen molar-refractivity contribution in [3.63, 3.8) is 0 Å². The third-order valence-electron chi connectivity index (χ3n) is 2.81. The number of thioether (sulfide) groups is 1. The van der Waals surface area contributed by atoms with Crippen LogP contribution in [0.4, 0.5) is 0 Å². The molecule has 0 atom stereocenters. The number of hydrogen-bond donors (Lipinski definition) is 0. The highest BCUT2D eigenvalue weighted by Gasteiger charge is 2.14. The first kappa shape index (κ1) is 15.6. The van der Waals surface area contributed by atoms with Crippen molar-refractivity contribution in [3.8, 4) is 0 Å². The molecule has 0 radical (unpaired) electrons. The quantitative estimate of drug-likeness (QED) is 0.427. The fourth-order valence-corrected chi connectivity index (χ4v) is 2.74. The van der Waals surface area contributed by atoms with E-state index in [1.807, 2.05) is 42.5 Å². The largest absolute Gasteiger partial charge is 0.342 e. The highest BCUT2D eigenvalue weighted by atomic mass is 79.9. The van der Waals surface area contributed by atoms with Crippen LogP contribution in [-0.2, 0) is 0 Å². The SMILES string of the molecule is CSc1ccccc1C(=O)N(C)CCCCCBr. The Morgan fingerprint density at radius 2 is 2.00 bits per heavy atom. The fourth-order valence-electron chi connectivity index (χ4n) is 1.75. The summed E-state index contributed by atoms with van der Waals surface area (Å²) in [6.07, 6.45) is 5.40. The van der Waals surface area contributed by atoms with Gasteiger partial charge in [-0.2, -0.15) is 0 Å². The van der Waals surface area contributed by atoms with E-state index in [4.69, 9.17) is 0 Å². The fraction of sp³-hybridized carbons (Fsp3) is 0.500. The van der Waals surface area contributed by atoms with E-state index < -0.39 is 0 Å². The van der Waals surface area contributed by atoms with Gasteiger partial charge in [0, 0.05) is 23.8 Å². The second-order valence-electron chi connectivity index (χ2n) is 4.18. The van der Waals surface area contributed by atoms with Crippen molar-refractivity contribution in [1.29, 1.82) is 0 Å². The van der Waals surface area contributed by atoms with Gasteiger partial charge in [0.05, 0.1) is 5.56 Å². The third-order valence-corrected chi connectivity index (χ3v) is 4.17. The lowest BCUT2D eigenvalue weighted by Crippen LogP contribution is -2.28. The molecular weight excluding hydrogens is 310 g/mol. The van der Waals surface area contributed by atoms with Crippen LogP contribution in [0.1, 0.15) is 29.6 Å². The predicted molar refractivity (Wildman–Crippen MR) is 82.8 cm³/mol. The maximum Gasteiger partial charge on any atom is 0.254 e. The summed E-state index contributed by atoms with van der Waals surface area (Å²) in [5.41, 5.74) is 0.813. The molecule has 0 saturated carbocycles. The van der Waals surface area contributed by atoms with Crippen LogP contribution in [0.3, 0.4) is 0 Å². The zero-order chi connectivity index (χ0) is 13.4. The lowest BCUT2D eigenvalue weighted by atomic mass is 10.2. The summed E-state index contributed by atoms with van der Waals surface area (Å²) in [5.74, 6) is 0.124. The van der Waals surface area contributed by atoms with Gasteiger partial charge in [-0.15, -0.1) is 11.8 Å². The first-order chi connectivity index (χ1) is 8.70. The molecule has 1 aromatic rings. The lowest BCUT2D eigenvalue weighted by molar-refractivity contribution is 0.0789. The first-order valence-corrected chi connectivity index (χ1v) is 8.49. The zero-order valence-corrected chi connectivity index (χ0v) is 13.4. The smallest absolute Gasteiger partial charge is 0.254 e. The van der Waals surface area contributed by atoms with E-state index in [0.29, 0.717) is 0 Å². The Morgan fingerprint density at radius 3 is 2.67 bits per heavy atom. The minimum atomic E-state index is 0.124. The topological polar surface area (TPSA) is 20.3 Å². The predicted octanol–water partition coefficient (Wildman–Crippen LogP) is 4.05. The van der Waals surface area contributed by atoms with Gasteiger partial charge in [0.25, 0.3) is 5.91 Å². The molecule has 0 spiro atoms. The molecule has 100 valence electrons. The lowest BCUT2D eigenvalue weighted by Gasteiger charge is -2.18. The van der Waals surface area contributed by atoms with E-state index in [-0.39, 0.29) is 5.91 Å². The first-order valence-electron chi connectivity index (χ1n) is 6.15. The molecule has 1 aromatic carbocycles. The molecule has 4 heteroatoms. The number of halogens is 1. The van der Waals surface area contributed by atoms with E-state index in [1.54, 1.807) is 11.8 Å². The molecule has 0 aliphatic carbocycles. The van der Waals surface area contributed by atoms with E-state index in [2.05, 4.69) is 15.9 Å². The normalized spacial score (nSPS) is 10.4. The van der Waals surface area contributed by atoms with Gasteiger partial charge in [-0.3, -0.25) is 4.79 Å². The summed E-state index contributed by atoms with van der Waals surface area (Å²) in [6, 6.07) is 7.80. The molecule has 18 heavy (non-hydrogen) atoms. The minimum Gasteiger partial charge on any atom is -0.342 e. The van der Waals surface area contributed by atoms with Crippen LogP contribution in [0.2, 0.25) is 0 Å². The van der Waals surface area contributed by atoms with Crippen LogP contribution in [0.15, 0.2) is 29.2 Å². The minimum absolute atomic E-state index is 0.124. The molecule has 0 aliphatic heterocycles. The number of amides is 1. The zero-order valence-electron chi connectivity index (χ0n) is 11.0. The molecule has 0 unspecified atom stereocenters. The van der Waals surface area contributed by atoms with E-state index in [9.17, 15) is 4.79 Å². The average Bonchev–Trinajstić information content (AvgIpc) is 2.42. The molecule has 1 rings (SSSR count). The summed E-state index contributed by atoms with van der Waals surface area (Å²) in [4.78, 5) is 15.2. The van der Waals surface area contributed by atoms with Crippen LogP contribution in [0.5, 0.6) is 0 Å². The Balaban J connectivity index is 2.57. The van der Waals surface area contributed by atoms with Crippen molar-refractivity contribution in [2.24, 2.45) is 0 Å². The summed E-state index contributed by atoms with van der Waals surface area (Å²) in [7, 11) is 1.88. The molecule has 0 N–H and O–H groups in total. The second-order valence-corrected chi connectivity index (χ2v) is 5.82. The Morgan fingerprint density at radius 1 is 1.28 bits per heavy atom. The molecule has 0 bridgehead atoms. The number of carbonyl (C=O) groups excluding carboxylic acids is 1. The molecule has 0 aromatic heterocycles. The number of unbranched alkanes of at least 4 members (excludes halogenated alkanes) is 2. The number of carbonyl (C=O) groups is 1. The van der Waals surface area contributed by atoms with Gasteiger partial charge in [0.15, 0.2) is 0 Å². The van der Waals surface area contributed by atoms with E-state index >= 15 is 0 Å². The Kier molecular flexibility index (Phi) is 7.44. The van der Waals surface area contributed by atoms with Crippen molar-refractivity contribution in [3.05, 3.63) is 29.8 Å². The van der Waals surface area contributed by atoms with Crippen LogP contribution in [0.25, 0.3) is 0 Å². The standard InChI is InChI=1S/C14H20BrNOS/c1-16(11-7-3-6-10-15)14(17)12-8-4-5-9-13(12)18-2/h4-5,8-9H,3,6-7,10-11H2,1-2H3. The summed E-state index contributed by atoms with van der Waals surface area (Å²) >= 11 is 5.04. The van der Waals surface area contributed by atoms with Crippen molar-refractivity contribution in [1.82, 2.24) is 4.90 Å². The Labute approximate surface area is 122 Å². The van der Waals surface area contributed by atoms with Gasteiger partial charge in [-0.25, -0.2) is 0 Å². The van der Waals surface area contributed by atoms with Crippen LogP contribution in [-0.4, -0.2) is 36.0 Å². The number of hydrogen-bond acceptors (Lipinski definition) is 2. The number of nitrogens with zero attached hydrogens (tertiary/aromatic N) is 1. The van der Waals surface area contributed by atoms with Gasteiger partial charge in [0.2, 0.25) is 0 Å². The van der Waals surface area contributed by atoms with E-state index in [0.717, 1.165) is 35.2 Å². The van der Waals surface area contributed by atoms with Crippen molar-refractivity contribution < 1.29 is 4.79 Å². The highest BCUT2D eigenvalue weighted by Crippen LogP contribution is 2.21. The number of benzene rings is 1. The van der Waals surface area contributed by atoms with Gasteiger partial charge in [0.1, 0.15) is 0 Å². The monoisotopic (exact) mass is 329 g/mol. The molecule has 0 aliphatic rings. The van der Waals surface area contributed by atoms with Crippen LogP contribution >= 0.6 is 27.7 Å². The van der Waals surface area contributed by atoms with Crippen molar-refractivity contribution >= 4 is 33.6 Å². The van der Waals surface area contributed by atoms with Crippen molar-refractivity contribution in [2.45, 2.75) is 24.2 Å². The van der Waals surface area contributed by atoms with Gasteiger partial charge < -0.3 is 4.90 Å². The molecule has 0 saturated heterocycles. The number of alkyl halides is 1. The molecule has 0 fully saturated rings. The maximum absolute atomic E-state index is 12.3. The van der Waals surface area contributed by atoms with Gasteiger partial charge in [-0.1, -0.05) is 34.5 Å². The van der Waals surface area contributed by atoms with Crippen LogP contribution in [0, 0.1) is 0 Å². The van der Waals surface area contributed by atoms with E-state index in [1.165, 1.54) is 6.42 Å². The summed E-state index contributed by atoms with van der Waals surface area (Å²) in [5, 5.41) is 1.04. The molecule has 0 heterocycles. The average molecular weight is 330 g/mol. The Bertz CT molecular complexity index is 384. The second kappa shape index (κ2) is 8.59. The van der Waals surface area contributed by atoms with Gasteiger partial charge >= 0.3 is 0 Å².